The van der Waals surface area contributed by atoms with Crippen molar-refractivity contribution in [3.63, 3.8) is 0 Å². The molecule has 110 valence electrons. The first-order valence-corrected chi connectivity index (χ1v) is 8.01. The largest absolute Gasteiger partial charge is 0.347 e. The predicted octanol–water partition coefficient (Wildman–Crippen LogP) is 4.36. The quantitative estimate of drug-likeness (QED) is 0.798. The first-order valence-electron chi connectivity index (χ1n) is 8.01. The SMILES string of the molecule is CCC(N)Cc1cn(CC(CC)CC)c2ccccc12. The minimum Gasteiger partial charge on any atom is -0.347 e. The molecule has 20 heavy (non-hydrogen) atoms. The number of benzene rings is 1. The van der Waals surface area contributed by atoms with Crippen LogP contribution in [-0.4, -0.2) is 10.6 Å². The van der Waals surface area contributed by atoms with Crippen LogP contribution in [0.25, 0.3) is 10.9 Å². The second kappa shape index (κ2) is 6.94. The monoisotopic (exact) mass is 272 g/mol. The highest BCUT2D eigenvalue weighted by Gasteiger charge is 2.13. The molecule has 0 fully saturated rings. The maximum atomic E-state index is 6.15. The van der Waals surface area contributed by atoms with Crippen LogP contribution in [0.5, 0.6) is 0 Å². The lowest BCUT2D eigenvalue weighted by atomic mass is 10.0. The normalized spacial score (nSPS) is 13.2. The van der Waals surface area contributed by atoms with E-state index in [2.05, 4.69) is 55.8 Å². The Hall–Kier alpha value is -1.28. The number of para-hydroxylation sites is 1. The molecule has 1 aromatic heterocycles. The number of fused-ring (bicyclic) bond motifs is 1. The van der Waals surface area contributed by atoms with Gasteiger partial charge >= 0.3 is 0 Å². The summed E-state index contributed by atoms with van der Waals surface area (Å²) in [4.78, 5) is 0. The molecule has 0 bridgehead atoms. The minimum absolute atomic E-state index is 0.266. The molecule has 2 nitrogen and oxygen atoms in total. The fourth-order valence-electron chi connectivity index (χ4n) is 2.89. The summed E-state index contributed by atoms with van der Waals surface area (Å²) >= 11 is 0. The summed E-state index contributed by atoms with van der Waals surface area (Å²) in [6.45, 7) is 7.85. The van der Waals surface area contributed by atoms with Crippen LogP contribution in [0.1, 0.15) is 45.6 Å². The topological polar surface area (TPSA) is 30.9 Å². The van der Waals surface area contributed by atoms with Crippen LogP contribution in [0, 0.1) is 5.92 Å². The fourth-order valence-corrected chi connectivity index (χ4v) is 2.89. The molecule has 2 heteroatoms. The number of hydrogen-bond acceptors (Lipinski definition) is 1. The number of nitrogens with two attached hydrogens (primary N) is 1. The molecule has 0 amide bonds. The van der Waals surface area contributed by atoms with E-state index in [1.54, 1.807) is 0 Å². The van der Waals surface area contributed by atoms with Crippen LogP contribution in [-0.2, 0) is 13.0 Å². The van der Waals surface area contributed by atoms with E-state index in [0.29, 0.717) is 0 Å². The van der Waals surface area contributed by atoms with Gasteiger partial charge in [0, 0.05) is 29.7 Å². The van der Waals surface area contributed by atoms with E-state index in [1.807, 2.05) is 0 Å². The van der Waals surface area contributed by atoms with Crippen LogP contribution in [0.15, 0.2) is 30.5 Å². The van der Waals surface area contributed by atoms with Gasteiger partial charge in [0.1, 0.15) is 0 Å². The average Bonchev–Trinajstić information content (AvgIpc) is 2.82. The van der Waals surface area contributed by atoms with Gasteiger partial charge in [0.15, 0.2) is 0 Å². The molecule has 0 aliphatic heterocycles. The standard InChI is InChI=1S/C18H28N2/c1-4-14(5-2)12-20-13-15(11-16(19)6-3)17-9-7-8-10-18(17)20/h7-10,13-14,16H,4-6,11-12,19H2,1-3H3. The summed E-state index contributed by atoms with van der Waals surface area (Å²) in [5.74, 6) is 0.763. The Morgan fingerprint density at radius 1 is 1.05 bits per heavy atom. The molecule has 2 rings (SSSR count). The lowest BCUT2D eigenvalue weighted by molar-refractivity contribution is 0.425. The fraction of sp³-hybridized carbons (Fsp3) is 0.556. The molecule has 1 aromatic carbocycles. The Morgan fingerprint density at radius 2 is 1.75 bits per heavy atom. The molecule has 0 aliphatic rings. The van der Waals surface area contributed by atoms with Crippen molar-refractivity contribution >= 4 is 10.9 Å². The number of rotatable bonds is 7. The molecular weight excluding hydrogens is 244 g/mol. The molecule has 0 aliphatic carbocycles. The highest BCUT2D eigenvalue weighted by Crippen LogP contribution is 2.24. The zero-order valence-corrected chi connectivity index (χ0v) is 13.1. The van der Waals surface area contributed by atoms with Gasteiger partial charge in [-0.25, -0.2) is 0 Å². The third kappa shape index (κ3) is 3.24. The van der Waals surface area contributed by atoms with Crippen LogP contribution < -0.4 is 5.73 Å². The van der Waals surface area contributed by atoms with Crippen LogP contribution in [0.2, 0.25) is 0 Å². The Morgan fingerprint density at radius 3 is 2.40 bits per heavy atom. The Bertz CT molecular complexity index is 537. The van der Waals surface area contributed by atoms with Crippen molar-refractivity contribution in [2.24, 2.45) is 11.7 Å². The molecule has 0 saturated carbocycles. The van der Waals surface area contributed by atoms with E-state index in [4.69, 9.17) is 5.73 Å². The number of aromatic nitrogens is 1. The third-order valence-corrected chi connectivity index (χ3v) is 4.49. The molecule has 2 aromatic rings. The predicted molar refractivity (Wildman–Crippen MR) is 88.0 cm³/mol. The Balaban J connectivity index is 2.35. The van der Waals surface area contributed by atoms with Crippen molar-refractivity contribution in [2.75, 3.05) is 0 Å². The van der Waals surface area contributed by atoms with Crippen molar-refractivity contribution in [3.8, 4) is 0 Å². The van der Waals surface area contributed by atoms with Gasteiger partial charge in [-0.2, -0.15) is 0 Å². The first kappa shape index (κ1) is 15.1. The second-order valence-corrected chi connectivity index (χ2v) is 5.88. The summed E-state index contributed by atoms with van der Waals surface area (Å²) in [6.07, 6.45) is 6.83. The van der Waals surface area contributed by atoms with Crippen molar-refractivity contribution in [2.45, 2.75) is 59.0 Å². The number of hydrogen-bond donors (Lipinski definition) is 1. The van der Waals surface area contributed by atoms with Crippen LogP contribution in [0.4, 0.5) is 0 Å². The molecule has 0 saturated heterocycles. The van der Waals surface area contributed by atoms with E-state index in [0.717, 1.165) is 25.3 Å². The van der Waals surface area contributed by atoms with E-state index in [1.165, 1.54) is 29.3 Å². The summed E-state index contributed by atoms with van der Waals surface area (Å²) in [5.41, 5.74) is 8.91. The highest BCUT2D eigenvalue weighted by molar-refractivity contribution is 5.84. The van der Waals surface area contributed by atoms with Gasteiger partial charge in [0.2, 0.25) is 0 Å². The van der Waals surface area contributed by atoms with Crippen molar-refractivity contribution < 1.29 is 0 Å². The lowest BCUT2D eigenvalue weighted by Gasteiger charge is -2.14. The van der Waals surface area contributed by atoms with E-state index < -0.39 is 0 Å². The maximum absolute atomic E-state index is 6.15. The van der Waals surface area contributed by atoms with Gasteiger partial charge in [0.05, 0.1) is 0 Å². The highest BCUT2D eigenvalue weighted by atomic mass is 15.0. The van der Waals surface area contributed by atoms with Crippen LogP contribution >= 0.6 is 0 Å². The molecule has 2 N–H and O–H groups in total. The zero-order chi connectivity index (χ0) is 14.5. The van der Waals surface area contributed by atoms with Gasteiger partial charge in [-0.15, -0.1) is 0 Å². The number of nitrogens with zero attached hydrogens (tertiary/aromatic N) is 1. The average molecular weight is 272 g/mol. The molecule has 1 unspecified atom stereocenters. The Labute approximate surface area is 123 Å². The minimum atomic E-state index is 0.266. The van der Waals surface area contributed by atoms with E-state index in [-0.39, 0.29) is 6.04 Å². The van der Waals surface area contributed by atoms with Gasteiger partial charge in [0.25, 0.3) is 0 Å². The maximum Gasteiger partial charge on any atom is 0.0483 e. The molecular formula is C18H28N2. The van der Waals surface area contributed by atoms with E-state index >= 15 is 0 Å². The van der Waals surface area contributed by atoms with Crippen molar-refractivity contribution in [1.82, 2.24) is 4.57 Å². The first-order chi connectivity index (χ1) is 9.69. The summed E-state index contributed by atoms with van der Waals surface area (Å²) in [6, 6.07) is 9.00. The molecule has 0 spiro atoms. The summed E-state index contributed by atoms with van der Waals surface area (Å²) in [7, 11) is 0. The zero-order valence-electron chi connectivity index (χ0n) is 13.1. The molecule has 0 radical (unpaired) electrons. The summed E-state index contributed by atoms with van der Waals surface area (Å²) in [5, 5.41) is 1.38. The van der Waals surface area contributed by atoms with Gasteiger partial charge < -0.3 is 10.3 Å². The molecule has 1 heterocycles. The molecule has 1 atom stereocenters. The third-order valence-electron chi connectivity index (χ3n) is 4.49. The Kier molecular flexibility index (Phi) is 5.24. The lowest BCUT2D eigenvalue weighted by Crippen LogP contribution is -2.21. The second-order valence-electron chi connectivity index (χ2n) is 5.88. The van der Waals surface area contributed by atoms with Gasteiger partial charge in [-0.3, -0.25) is 0 Å². The van der Waals surface area contributed by atoms with E-state index in [9.17, 15) is 0 Å². The van der Waals surface area contributed by atoms with Crippen molar-refractivity contribution in [3.05, 3.63) is 36.0 Å². The van der Waals surface area contributed by atoms with Gasteiger partial charge in [-0.05, 0) is 30.4 Å². The summed E-state index contributed by atoms with van der Waals surface area (Å²) < 4.78 is 2.44. The van der Waals surface area contributed by atoms with Crippen molar-refractivity contribution in [1.29, 1.82) is 0 Å². The smallest absolute Gasteiger partial charge is 0.0483 e. The van der Waals surface area contributed by atoms with Gasteiger partial charge in [-0.1, -0.05) is 51.8 Å². The van der Waals surface area contributed by atoms with Crippen LogP contribution in [0.3, 0.4) is 0 Å².